The number of aromatic nitrogens is 1. The average Bonchev–Trinajstić information content (AvgIpc) is 2.98. The Morgan fingerprint density at radius 3 is 2.96 bits per heavy atom. The summed E-state index contributed by atoms with van der Waals surface area (Å²) in [6, 6.07) is 5.77. The number of hydrogen-bond donors (Lipinski definition) is 1. The first-order valence-corrected chi connectivity index (χ1v) is 9.54. The van der Waals surface area contributed by atoms with Crippen LogP contribution in [0, 0.1) is 22.7 Å². The molecule has 0 saturated heterocycles. The molecule has 25 heavy (non-hydrogen) atoms. The monoisotopic (exact) mass is 353 g/mol. The van der Waals surface area contributed by atoms with Crippen LogP contribution in [-0.4, -0.2) is 10.9 Å². The highest BCUT2D eigenvalue weighted by Gasteiger charge is 2.34. The number of hydrogen-bond acceptors (Lipinski definition) is 4. The molecule has 1 atom stereocenters. The molecule has 5 heteroatoms. The first-order valence-electron chi connectivity index (χ1n) is 8.72. The van der Waals surface area contributed by atoms with E-state index in [1.807, 2.05) is 0 Å². The van der Waals surface area contributed by atoms with Gasteiger partial charge in [0.25, 0.3) is 5.91 Å². The molecular weight excluding hydrogens is 330 g/mol. The molecule has 0 radical (unpaired) electrons. The molecule has 1 N–H and O–H groups in total. The Bertz CT molecular complexity index is 817. The summed E-state index contributed by atoms with van der Waals surface area (Å²) in [5.74, 6) is 0.408. The Morgan fingerprint density at radius 2 is 2.32 bits per heavy atom. The van der Waals surface area contributed by atoms with E-state index < -0.39 is 0 Å². The van der Waals surface area contributed by atoms with Crippen molar-refractivity contribution in [2.45, 2.75) is 46.5 Å². The van der Waals surface area contributed by atoms with Crippen molar-refractivity contribution in [2.75, 3.05) is 5.32 Å². The maximum absolute atomic E-state index is 12.4. The molecule has 2 aromatic heterocycles. The van der Waals surface area contributed by atoms with E-state index in [-0.39, 0.29) is 5.91 Å². The molecule has 1 aliphatic rings. The van der Waals surface area contributed by atoms with Crippen LogP contribution in [0.2, 0.25) is 0 Å². The van der Waals surface area contributed by atoms with Gasteiger partial charge in [0.05, 0.1) is 11.1 Å². The quantitative estimate of drug-likeness (QED) is 0.858. The van der Waals surface area contributed by atoms with Crippen LogP contribution >= 0.6 is 11.3 Å². The predicted molar refractivity (Wildman–Crippen MR) is 101 cm³/mol. The molecule has 0 fully saturated rings. The molecule has 2 aromatic rings. The van der Waals surface area contributed by atoms with E-state index in [1.54, 1.807) is 29.7 Å². The fraction of sp³-hybridized carbons (Fsp3) is 0.450. The lowest BCUT2D eigenvalue weighted by Crippen LogP contribution is -2.28. The normalized spacial score (nSPS) is 16.8. The van der Waals surface area contributed by atoms with E-state index in [2.05, 4.69) is 37.1 Å². The van der Waals surface area contributed by atoms with Gasteiger partial charge < -0.3 is 5.32 Å². The minimum absolute atomic E-state index is 0.214. The van der Waals surface area contributed by atoms with Crippen LogP contribution in [0.4, 0.5) is 5.00 Å². The molecule has 1 unspecified atom stereocenters. The van der Waals surface area contributed by atoms with Gasteiger partial charge in [-0.1, -0.05) is 27.2 Å². The van der Waals surface area contributed by atoms with Crippen LogP contribution in [0.15, 0.2) is 24.5 Å². The Hall–Kier alpha value is -2.19. The van der Waals surface area contributed by atoms with Crippen LogP contribution in [0.25, 0.3) is 0 Å². The van der Waals surface area contributed by atoms with E-state index in [0.717, 1.165) is 31.2 Å². The lowest BCUT2D eigenvalue weighted by Gasteiger charge is -2.36. The Labute approximate surface area is 152 Å². The van der Waals surface area contributed by atoms with E-state index in [9.17, 15) is 10.1 Å². The fourth-order valence-corrected chi connectivity index (χ4v) is 4.69. The molecule has 2 heterocycles. The zero-order chi connectivity index (χ0) is 18.0. The van der Waals surface area contributed by atoms with Crippen LogP contribution in [0.5, 0.6) is 0 Å². The molecule has 0 bridgehead atoms. The summed E-state index contributed by atoms with van der Waals surface area (Å²) in [6.45, 7) is 6.89. The van der Waals surface area contributed by atoms with Gasteiger partial charge in [-0.15, -0.1) is 11.3 Å². The maximum atomic E-state index is 12.4. The Kier molecular flexibility index (Phi) is 4.91. The second kappa shape index (κ2) is 6.97. The number of carbonyl (C=O) groups excluding carboxylic acids is 1. The van der Waals surface area contributed by atoms with E-state index >= 15 is 0 Å². The molecule has 0 saturated carbocycles. The van der Waals surface area contributed by atoms with E-state index in [1.165, 1.54) is 11.1 Å². The van der Waals surface area contributed by atoms with Gasteiger partial charge in [0.15, 0.2) is 0 Å². The third-order valence-corrected chi connectivity index (χ3v) is 6.71. The molecule has 1 aliphatic carbocycles. The van der Waals surface area contributed by atoms with Crippen molar-refractivity contribution in [2.24, 2.45) is 11.3 Å². The number of pyridine rings is 1. The second-order valence-electron chi connectivity index (χ2n) is 7.30. The SMILES string of the molecule is CCC(C)(C)C1CCc2c(sc(NC(=O)c3cccnc3)c2C#N)C1. The van der Waals surface area contributed by atoms with Gasteiger partial charge in [0, 0.05) is 17.3 Å². The molecule has 3 rings (SSSR count). The topological polar surface area (TPSA) is 65.8 Å². The van der Waals surface area contributed by atoms with Crippen molar-refractivity contribution >= 4 is 22.2 Å². The molecule has 0 aromatic carbocycles. The standard InChI is InChI=1S/C20H23N3OS/c1-4-20(2,3)14-7-8-15-16(11-21)19(25-17(15)10-14)23-18(24)13-6-5-9-22-12-13/h5-6,9,12,14H,4,7-8,10H2,1-3H3,(H,23,24). The first kappa shape index (κ1) is 17.6. The predicted octanol–water partition coefficient (Wildman–Crippen LogP) is 4.81. The zero-order valence-corrected chi connectivity index (χ0v) is 15.7. The number of fused-ring (bicyclic) bond motifs is 1. The molecule has 0 spiro atoms. The largest absolute Gasteiger partial charge is 0.312 e. The summed E-state index contributed by atoms with van der Waals surface area (Å²) in [5, 5.41) is 13.2. The number of carbonyl (C=O) groups is 1. The van der Waals surface area contributed by atoms with Crippen LogP contribution in [0.3, 0.4) is 0 Å². The van der Waals surface area contributed by atoms with Gasteiger partial charge in [0.1, 0.15) is 11.1 Å². The smallest absolute Gasteiger partial charge is 0.257 e. The van der Waals surface area contributed by atoms with Crippen molar-refractivity contribution < 1.29 is 4.79 Å². The summed E-state index contributed by atoms with van der Waals surface area (Å²) in [4.78, 5) is 17.7. The minimum Gasteiger partial charge on any atom is -0.312 e. The van der Waals surface area contributed by atoms with Gasteiger partial charge in [-0.25, -0.2) is 0 Å². The number of rotatable bonds is 4. The second-order valence-corrected chi connectivity index (χ2v) is 8.40. The average molecular weight is 353 g/mol. The van der Waals surface area contributed by atoms with Crippen molar-refractivity contribution in [3.8, 4) is 6.07 Å². The Balaban J connectivity index is 1.86. The highest BCUT2D eigenvalue weighted by Crippen LogP contribution is 2.45. The molecular formula is C20H23N3OS. The molecule has 130 valence electrons. The summed E-state index contributed by atoms with van der Waals surface area (Å²) in [5.41, 5.74) is 2.58. The summed E-state index contributed by atoms with van der Waals surface area (Å²) >= 11 is 1.57. The zero-order valence-electron chi connectivity index (χ0n) is 14.9. The highest BCUT2D eigenvalue weighted by molar-refractivity contribution is 7.16. The molecule has 1 amide bonds. The van der Waals surface area contributed by atoms with Gasteiger partial charge in [-0.2, -0.15) is 5.26 Å². The van der Waals surface area contributed by atoms with Gasteiger partial charge >= 0.3 is 0 Å². The number of nitrogens with zero attached hydrogens (tertiary/aromatic N) is 2. The van der Waals surface area contributed by atoms with E-state index in [0.29, 0.717) is 27.5 Å². The Morgan fingerprint density at radius 1 is 1.52 bits per heavy atom. The van der Waals surface area contributed by atoms with Gasteiger partial charge in [-0.3, -0.25) is 9.78 Å². The van der Waals surface area contributed by atoms with Crippen LogP contribution in [0.1, 0.15) is 60.0 Å². The van der Waals surface area contributed by atoms with E-state index in [4.69, 9.17) is 0 Å². The van der Waals surface area contributed by atoms with Crippen molar-refractivity contribution in [1.82, 2.24) is 4.98 Å². The van der Waals surface area contributed by atoms with Crippen molar-refractivity contribution in [3.63, 3.8) is 0 Å². The van der Waals surface area contributed by atoms with Gasteiger partial charge in [-0.05, 0) is 48.3 Å². The number of amides is 1. The molecule has 4 nitrogen and oxygen atoms in total. The number of anilines is 1. The number of nitrogens with one attached hydrogen (secondary N) is 1. The van der Waals surface area contributed by atoms with Crippen molar-refractivity contribution in [1.29, 1.82) is 5.26 Å². The van der Waals surface area contributed by atoms with Gasteiger partial charge in [0.2, 0.25) is 0 Å². The van der Waals surface area contributed by atoms with Crippen LogP contribution < -0.4 is 5.32 Å². The lowest BCUT2D eigenvalue weighted by molar-refractivity contribution is 0.102. The number of thiophene rings is 1. The highest BCUT2D eigenvalue weighted by atomic mass is 32.1. The summed E-state index contributed by atoms with van der Waals surface area (Å²) < 4.78 is 0. The lowest BCUT2D eigenvalue weighted by atomic mass is 9.69. The summed E-state index contributed by atoms with van der Waals surface area (Å²) in [7, 11) is 0. The van der Waals surface area contributed by atoms with Crippen molar-refractivity contribution in [3.05, 3.63) is 46.1 Å². The number of nitriles is 1. The first-order chi connectivity index (χ1) is 12.0. The summed E-state index contributed by atoms with van der Waals surface area (Å²) in [6.07, 6.45) is 7.35. The third-order valence-electron chi connectivity index (χ3n) is 5.54. The minimum atomic E-state index is -0.214. The third kappa shape index (κ3) is 3.45. The molecule has 0 aliphatic heterocycles. The maximum Gasteiger partial charge on any atom is 0.257 e. The fourth-order valence-electron chi connectivity index (χ4n) is 3.42. The van der Waals surface area contributed by atoms with Crippen LogP contribution in [-0.2, 0) is 12.8 Å².